The normalized spacial score (nSPS) is 12.0. The van der Waals surface area contributed by atoms with Gasteiger partial charge in [0.25, 0.3) is 0 Å². The van der Waals surface area contributed by atoms with Crippen molar-refractivity contribution in [1.29, 1.82) is 0 Å². The van der Waals surface area contributed by atoms with Crippen LogP contribution in [0, 0.1) is 5.92 Å². The number of carbonyl (C=O) groups excluding carboxylic acids is 1. The third-order valence-electron chi connectivity index (χ3n) is 14.5. The van der Waals surface area contributed by atoms with E-state index in [1.54, 1.807) is 6.92 Å². The molecule has 0 rings (SSSR count). The molecule has 101 heavy (non-hydrogen) atoms. The smallest absolute Gasteiger partial charge is 0.333 e. The van der Waals surface area contributed by atoms with E-state index in [-0.39, 0.29) is 6.61 Å². The van der Waals surface area contributed by atoms with Gasteiger partial charge in [-0.25, -0.2) is 4.79 Å². The predicted molar refractivity (Wildman–Crippen MR) is 385 cm³/mol. The molecule has 1 atom stereocenters. The standard InChI is InChI=1S/C74H146O27/c1-5-7-9-11-13-14-16-18-20-73(19-17-15-12-10-8-6-2)71-100-68-67-98-64-63-96-60-59-94-56-55-92-52-51-90-48-47-88-44-43-86-40-39-84-36-35-82-32-31-80-28-27-78-24-23-76-21-22-77-25-26-79-29-30-81-33-34-83-37-38-85-41-42-87-45-46-89-49-50-91-53-54-93-57-58-95-61-62-97-65-66-99-69-70-101-74(75)72(3)4/h73H,3,5-71H2,1-2,4H3. The highest BCUT2D eigenvalue weighted by Crippen LogP contribution is 2.20. The zero-order valence-electron chi connectivity index (χ0n) is 63.7. The first-order valence-corrected chi connectivity index (χ1v) is 38.4. The van der Waals surface area contributed by atoms with Crippen LogP contribution in [0.3, 0.4) is 0 Å². The molecule has 0 aromatic heterocycles. The van der Waals surface area contributed by atoms with Gasteiger partial charge >= 0.3 is 5.97 Å². The summed E-state index contributed by atoms with van der Waals surface area (Å²) in [5.41, 5.74) is 0.364. The summed E-state index contributed by atoms with van der Waals surface area (Å²) in [6.07, 6.45) is 21.7. The topological polar surface area (TPSA) is 257 Å². The van der Waals surface area contributed by atoms with Crippen LogP contribution in [-0.2, 0) is 128 Å². The van der Waals surface area contributed by atoms with E-state index in [0.29, 0.717) is 335 Å². The van der Waals surface area contributed by atoms with Crippen LogP contribution in [0.25, 0.3) is 0 Å². The van der Waals surface area contributed by atoms with Crippen LogP contribution in [0.2, 0.25) is 0 Å². The van der Waals surface area contributed by atoms with Gasteiger partial charge in [-0.1, -0.05) is 110 Å². The van der Waals surface area contributed by atoms with Crippen LogP contribution in [0.5, 0.6) is 0 Å². The second kappa shape index (κ2) is 92.4. The summed E-state index contributed by atoms with van der Waals surface area (Å²) < 4.78 is 144. The van der Waals surface area contributed by atoms with Gasteiger partial charge in [0.05, 0.1) is 324 Å². The van der Waals surface area contributed by atoms with Gasteiger partial charge in [-0.3, -0.25) is 0 Å². The lowest BCUT2D eigenvalue weighted by atomic mass is 9.94. The van der Waals surface area contributed by atoms with E-state index >= 15 is 0 Å². The lowest BCUT2D eigenvalue weighted by Crippen LogP contribution is -2.16. The Bertz CT molecular complexity index is 1540. The van der Waals surface area contributed by atoms with Gasteiger partial charge in [0, 0.05) is 12.2 Å². The zero-order valence-corrected chi connectivity index (χ0v) is 63.7. The Morgan fingerprint density at radius 2 is 0.347 bits per heavy atom. The highest BCUT2D eigenvalue weighted by atomic mass is 16.6. The van der Waals surface area contributed by atoms with Crippen LogP contribution >= 0.6 is 0 Å². The van der Waals surface area contributed by atoms with Crippen molar-refractivity contribution >= 4 is 5.97 Å². The van der Waals surface area contributed by atoms with Gasteiger partial charge in [0.2, 0.25) is 0 Å². The van der Waals surface area contributed by atoms with Crippen molar-refractivity contribution in [3.8, 4) is 0 Å². The fourth-order valence-electron chi connectivity index (χ4n) is 8.94. The highest BCUT2D eigenvalue weighted by molar-refractivity contribution is 5.86. The first-order chi connectivity index (χ1) is 50.1. The van der Waals surface area contributed by atoms with Crippen molar-refractivity contribution in [3.63, 3.8) is 0 Å². The van der Waals surface area contributed by atoms with E-state index in [1.807, 2.05) is 0 Å². The fourth-order valence-corrected chi connectivity index (χ4v) is 8.94. The van der Waals surface area contributed by atoms with Gasteiger partial charge < -0.3 is 123 Å². The van der Waals surface area contributed by atoms with E-state index in [0.717, 1.165) is 6.61 Å². The minimum absolute atomic E-state index is 0.190. The molecule has 0 spiro atoms. The number of unbranched alkanes of at least 4 members (excludes halogenated alkanes) is 12. The van der Waals surface area contributed by atoms with Crippen LogP contribution in [0.4, 0.5) is 0 Å². The van der Waals surface area contributed by atoms with Crippen molar-refractivity contribution in [2.45, 2.75) is 124 Å². The molecule has 0 aromatic carbocycles. The molecule has 0 N–H and O–H groups in total. The number of hydrogen-bond acceptors (Lipinski definition) is 27. The molecular formula is C74H146O27. The number of esters is 1. The van der Waals surface area contributed by atoms with Crippen molar-refractivity contribution < 1.29 is 128 Å². The van der Waals surface area contributed by atoms with E-state index in [2.05, 4.69) is 20.4 Å². The lowest BCUT2D eigenvalue weighted by Gasteiger charge is -2.17. The third-order valence-corrected chi connectivity index (χ3v) is 14.5. The minimum Gasteiger partial charge on any atom is -0.460 e. The average molecular weight is 1470 g/mol. The Balaban J connectivity index is 3.21. The predicted octanol–water partition coefficient (Wildman–Crippen LogP) is 8.42. The molecule has 0 bridgehead atoms. The molecule has 0 amide bonds. The molecule has 0 fully saturated rings. The molecule has 604 valence electrons. The van der Waals surface area contributed by atoms with E-state index in [1.165, 1.54) is 103 Å². The van der Waals surface area contributed by atoms with Crippen LogP contribution in [0.1, 0.15) is 124 Å². The van der Waals surface area contributed by atoms with E-state index in [9.17, 15) is 4.79 Å². The van der Waals surface area contributed by atoms with Crippen LogP contribution in [0.15, 0.2) is 12.2 Å². The van der Waals surface area contributed by atoms with Gasteiger partial charge in [-0.05, 0) is 25.7 Å². The number of ether oxygens (including phenoxy) is 26. The molecule has 27 nitrogen and oxygen atoms in total. The van der Waals surface area contributed by atoms with Crippen LogP contribution in [-0.4, -0.2) is 343 Å². The largest absolute Gasteiger partial charge is 0.460 e. The summed E-state index contributed by atoms with van der Waals surface area (Å²) in [5.74, 6) is 0.258. The van der Waals surface area contributed by atoms with Crippen molar-refractivity contribution in [2.24, 2.45) is 5.92 Å². The van der Waals surface area contributed by atoms with Crippen molar-refractivity contribution in [3.05, 3.63) is 12.2 Å². The summed E-state index contributed by atoms with van der Waals surface area (Å²) >= 11 is 0. The molecule has 0 aromatic rings. The maximum atomic E-state index is 11.2. The molecule has 1 unspecified atom stereocenters. The van der Waals surface area contributed by atoms with E-state index < -0.39 is 5.97 Å². The number of carbonyl (C=O) groups is 1. The quantitative estimate of drug-likeness (QED) is 0.0314. The lowest BCUT2D eigenvalue weighted by molar-refractivity contribution is -0.140. The molecule has 0 saturated carbocycles. The van der Waals surface area contributed by atoms with Crippen molar-refractivity contribution in [1.82, 2.24) is 0 Å². The minimum atomic E-state index is -0.419. The monoisotopic (exact) mass is 1470 g/mol. The SMILES string of the molecule is C=C(C)C(=O)OCCOCCOCCOCCOCCOCCOCCOCCOCCOCCOCCOCCOCCOCCOCCOCCOCCOCCOCCOCCOCCOCCOCCOCCOCCOCC(CCCCCCCC)CCCCCCCCCC. The molecular weight excluding hydrogens is 1320 g/mol. The van der Waals surface area contributed by atoms with Crippen molar-refractivity contribution in [2.75, 3.05) is 337 Å². The Morgan fingerprint density at radius 1 is 0.208 bits per heavy atom. The first kappa shape index (κ1) is 99.2. The maximum Gasteiger partial charge on any atom is 0.333 e. The summed E-state index contributed by atoms with van der Waals surface area (Å²) in [6.45, 7) is 34.7. The molecule has 0 aliphatic carbocycles. The third kappa shape index (κ3) is 90.5. The molecule has 0 saturated heterocycles. The Morgan fingerprint density at radius 3 is 0.505 bits per heavy atom. The highest BCUT2D eigenvalue weighted by Gasteiger charge is 2.10. The van der Waals surface area contributed by atoms with Crippen LogP contribution < -0.4 is 0 Å². The Kier molecular flexibility index (Phi) is 90.8. The van der Waals surface area contributed by atoms with E-state index in [4.69, 9.17) is 123 Å². The van der Waals surface area contributed by atoms with Gasteiger partial charge in [-0.2, -0.15) is 0 Å². The maximum absolute atomic E-state index is 11.2. The molecule has 0 aliphatic heterocycles. The zero-order chi connectivity index (χ0) is 72.5. The second-order valence-electron chi connectivity index (χ2n) is 23.4. The van der Waals surface area contributed by atoms with Gasteiger partial charge in [-0.15, -0.1) is 0 Å². The Hall–Kier alpha value is -1.79. The summed E-state index contributed by atoms with van der Waals surface area (Å²) in [5, 5.41) is 0. The number of rotatable bonds is 94. The summed E-state index contributed by atoms with van der Waals surface area (Å²) in [4.78, 5) is 11.2. The fraction of sp³-hybridized carbons (Fsp3) is 0.959. The summed E-state index contributed by atoms with van der Waals surface area (Å²) in [6, 6.07) is 0. The average Bonchev–Trinajstić information content (AvgIpc) is 3.20. The number of hydrogen-bond donors (Lipinski definition) is 0. The second-order valence-corrected chi connectivity index (χ2v) is 23.4. The molecule has 0 radical (unpaired) electrons. The molecule has 27 heteroatoms. The molecule has 0 aliphatic rings. The Labute approximate surface area is 610 Å². The summed E-state index contributed by atoms with van der Waals surface area (Å²) in [7, 11) is 0. The first-order valence-electron chi connectivity index (χ1n) is 38.4. The van der Waals surface area contributed by atoms with Gasteiger partial charge in [0.1, 0.15) is 6.61 Å². The van der Waals surface area contributed by atoms with Gasteiger partial charge in [0.15, 0.2) is 0 Å². The molecule has 0 heterocycles.